The lowest BCUT2D eigenvalue weighted by Crippen LogP contribution is -2.65. The maximum Gasteiger partial charge on any atom is 0.408 e. The number of carbonyl (C=O) groups is 3. The minimum absolute atomic E-state index is 0.0115. The minimum Gasteiger partial charge on any atom is -0.465 e. The van der Waals surface area contributed by atoms with Gasteiger partial charge in [-0.1, -0.05) is 0 Å². The molecule has 3 amide bonds. The fourth-order valence-corrected chi connectivity index (χ4v) is 2.66. The molecule has 2 heterocycles. The number of nitrogens with zero attached hydrogens (tertiary/aromatic N) is 3. The SMILES string of the molecule is C[C@@H]1CN(C(=O)O)[C@@H](C(=O)N2CCOCC2)CN1C(=O)O. The lowest BCUT2D eigenvalue weighted by atomic mass is 10.1. The Kier molecular flexibility index (Phi) is 4.51. The van der Waals surface area contributed by atoms with Crippen molar-refractivity contribution < 1.29 is 29.3 Å². The number of hydrogen-bond acceptors (Lipinski definition) is 4. The number of hydrogen-bond donors (Lipinski definition) is 2. The molecule has 2 atom stereocenters. The first-order valence-electron chi connectivity index (χ1n) is 6.77. The highest BCUT2D eigenvalue weighted by Crippen LogP contribution is 2.18. The highest BCUT2D eigenvalue weighted by Gasteiger charge is 2.42. The monoisotopic (exact) mass is 301 g/mol. The first-order chi connectivity index (χ1) is 9.91. The van der Waals surface area contributed by atoms with E-state index < -0.39 is 24.3 Å². The summed E-state index contributed by atoms with van der Waals surface area (Å²) in [6.45, 7) is 3.08. The Labute approximate surface area is 121 Å². The van der Waals surface area contributed by atoms with Crippen molar-refractivity contribution in [3.05, 3.63) is 0 Å². The number of piperazine rings is 1. The maximum atomic E-state index is 12.5. The number of amides is 3. The van der Waals surface area contributed by atoms with Crippen molar-refractivity contribution in [3.8, 4) is 0 Å². The van der Waals surface area contributed by atoms with Crippen LogP contribution in [-0.2, 0) is 9.53 Å². The highest BCUT2D eigenvalue weighted by molar-refractivity contribution is 5.86. The van der Waals surface area contributed by atoms with Crippen molar-refractivity contribution in [2.24, 2.45) is 0 Å². The van der Waals surface area contributed by atoms with Gasteiger partial charge in [-0.05, 0) is 6.92 Å². The lowest BCUT2D eigenvalue weighted by Gasteiger charge is -2.43. The molecule has 118 valence electrons. The summed E-state index contributed by atoms with van der Waals surface area (Å²) in [6, 6.07) is -1.47. The van der Waals surface area contributed by atoms with E-state index in [1.54, 1.807) is 6.92 Å². The van der Waals surface area contributed by atoms with Crippen molar-refractivity contribution in [2.45, 2.75) is 19.0 Å². The molecule has 0 saturated carbocycles. The summed E-state index contributed by atoms with van der Waals surface area (Å²) in [5, 5.41) is 18.4. The van der Waals surface area contributed by atoms with Crippen LogP contribution in [0, 0.1) is 0 Å². The van der Waals surface area contributed by atoms with Gasteiger partial charge < -0.3 is 24.7 Å². The van der Waals surface area contributed by atoms with Crippen molar-refractivity contribution in [1.82, 2.24) is 14.7 Å². The standard InChI is InChI=1S/C12H19N3O6/c1-8-6-15(12(19)20)9(7-14(8)11(17)18)10(16)13-2-4-21-5-3-13/h8-9H,2-7H2,1H3,(H,17,18)(H,19,20)/t8-,9-/m1/s1. The third kappa shape index (κ3) is 3.18. The fourth-order valence-electron chi connectivity index (χ4n) is 2.66. The Bertz CT molecular complexity index is 437. The summed E-state index contributed by atoms with van der Waals surface area (Å²) in [6.07, 6.45) is -2.36. The Morgan fingerprint density at radius 3 is 2.10 bits per heavy atom. The largest absolute Gasteiger partial charge is 0.465 e. The fraction of sp³-hybridized carbons (Fsp3) is 0.750. The zero-order chi connectivity index (χ0) is 15.6. The number of ether oxygens (including phenoxy) is 1. The molecule has 0 aliphatic carbocycles. The molecule has 0 unspecified atom stereocenters. The average molecular weight is 301 g/mol. The molecule has 0 spiro atoms. The molecule has 2 N–H and O–H groups in total. The van der Waals surface area contributed by atoms with Crippen LogP contribution in [0.2, 0.25) is 0 Å². The molecule has 0 aromatic carbocycles. The van der Waals surface area contributed by atoms with E-state index in [-0.39, 0.29) is 19.0 Å². The predicted octanol–water partition coefficient (Wildman–Crippen LogP) is -0.424. The van der Waals surface area contributed by atoms with Gasteiger partial charge in [-0.15, -0.1) is 0 Å². The molecule has 2 rings (SSSR count). The molecule has 0 aromatic rings. The summed E-state index contributed by atoms with van der Waals surface area (Å²) >= 11 is 0. The van der Waals surface area contributed by atoms with Crippen LogP contribution < -0.4 is 0 Å². The molecular weight excluding hydrogens is 282 g/mol. The maximum absolute atomic E-state index is 12.5. The van der Waals surface area contributed by atoms with E-state index in [1.807, 2.05) is 0 Å². The normalized spacial score (nSPS) is 26.6. The number of rotatable bonds is 1. The zero-order valence-electron chi connectivity index (χ0n) is 11.8. The van der Waals surface area contributed by atoms with Gasteiger partial charge in [0.25, 0.3) is 0 Å². The van der Waals surface area contributed by atoms with Gasteiger partial charge in [-0.2, -0.15) is 0 Å². The summed E-state index contributed by atoms with van der Waals surface area (Å²) < 4.78 is 5.16. The molecule has 9 heteroatoms. The number of carboxylic acid groups (broad SMARTS) is 2. The Hall–Kier alpha value is -2.03. The average Bonchev–Trinajstić information content (AvgIpc) is 2.46. The second kappa shape index (κ2) is 6.17. The topological polar surface area (TPSA) is 111 Å². The third-order valence-electron chi connectivity index (χ3n) is 3.84. The quantitative estimate of drug-likeness (QED) is 0.680. The van der Waals surface area contributed by atoms with Gasteiger partial charge in [-0.3, -0.25) is 9.69 Å². The molecular formula is C12H19N3O6. The first-order valence-corrected chi connectivity index (χ1v) is 6.77. The summed E-state index contributed by atoms with van der Waals surface area (Å²) in [7, 11) is 0. The van der Waals surface area contributed by atoms with Gasteiger partial charge in [0.2, 0.25) is 5.91 Å². The van der Waals surface area contributed by atoms with E-state index >= 15 is 0 Å². The Balaban J connectivity index is 2.17. The molecule has 2 aliphatic rings. The van der Waals surface area contributed by atoms with Gasteiger partial charge >= 0.3 is 12.2 Å². The zero-order valence-corrected chi connectivity index (χ0v) is 11.8. The summed E-state index contributed by atoms with van der Waals surface area (Å²) in [5.41, 5.74) is 0. The van der Waals surface area contributed by atoms with E-state index in [2.05, 4.69) is 0 Å². The third-order valence-corrected chi connectivity index (χ3v) is 3.84. The van der Waals surface area contributed by atoms with Gasteiger partial charge in [0.05, 0.1) is 25.8 Å². The van der Waals surface area contributed by atoms with Crippen molar-refractivity contribution in [3.63, 3.8) is 0 Å². The minimum atomic E-state index is -1.21. The Morgan fingerprint density at radius 2 is 1.57 bits per heavy atom. The number of morpholine rings is 1. The van der Waals surface area contributed by atoms with E-state index in [1.165, 1.54) is 4.90 Å². The van der Waals surface area contributed by atoms with E-state index in [0.29, 0.717) is 26.3 Å². The molecule has 2 saturated heterocycles. The van der Waals surface area contributed by atoms with Gasteiger partial charge in [0.15, 0.2) is 0 Å². The lowest BCUT2D eigenvalue weighted by molar-refractivity contribution is -0.142. The summed E-state index contributed by atoms with van der Waals surface area (Å²) in [5.74, 6) is -0.362. The van der Waals surface area contributed by atoms with Crippen LogP contribution in [0.1, 0.15) is 6.92 Å². The van der Waals surface area contributed by atoms with Crippen molar-refractivity contribution in [1.29, 1.82) is 0 Å². The smallest absolute Gasteiger partial charge is 0.408 e. The van der Waals surface area contributed by atoms with Crippen LogP contribution >= 0.6 is 0 Å². The molecule has 9 nitrogen and oxygen atoms in total. The van der Waals surface area contributed by atoms with Crippen LogP contribution in [0.4, 0.5) is 9.59 Å². The number of carbonyl (C=O) groups excluding carboxylic acids is 1. The molecule has 2 fully saturated rings. The second-order valence-electron chi connectivity index (χ2n) is 5.17. The van der Waals surface area contributed by atoms with E-state index in [0.717, 1.165) is 9.80 Å². The molecule has 0 bridgehead atoms. The van der Waals surface area contributed by atoms with Crippen LogP contribution in [0.3, 0.4) is 0 Å². The van der Waals surface area contributed by atoms with Crippen molar-refractivity contribution in [2.75, 3.05) is 39.4 Å². The Morgan fingerprint density at radius 1 is 1.00 bits per heavy atom. The van der Waals surface area contributed by atoms with E-state index in [9.17, 15) is 19.5 Å². The predicted molar refractivity (Wildman–Crippen MR) is 70.1 cm³/mol. The molecule has 0 radical (unpaired) electrons. The second-order valence-corrected chi connectivity index (χ2v) is 5.17. The van der Waals surface area contributed by atoms with Crippen LogP contribution in [-0.4, -0.2) is 94.5 Å². The first kappa shape index (κ1) is 15.4. The van der Waals surface area contributed by atoms with Crippen LogP contribution in [0.15, 0.2) is 0 Å². The highest BCUT2D eigenvalue weighted by atomic mass is 16.5. The van der Waals surface area contributed by atoms with Crippen LogP contribution in [0.5, 0.6) is 0 Å². The van der Waals surface area contributed by atoms with Crippen LogP contribution in [0.25, 0.3) is 0 Å². The van der Waals surface area contributed by atoms with Gasteiger partial charge in [0, 0.05) is 19.6 Å². The molecule has 21 heavy (non-hydrogen) atoms. The molecule has 0 aromatic heterocycles. The molecule has 2 aliphatic heterocycles. The van der Waals surface area contributed by atoms with Gasteiger partial charge in [0.1, 0.15) is 6.04 Å². The van der Waals surface area contributed by atoms with Crippen molar-refractivity contribution >= 4 is 18.1 Å². The van der Waals surface area contributed by atoms with Gasteiger partial charge in [-0.25, -0.2) is 9.59 Å². The van der Waals surface area contributed by atoms with E-state index in [4.69, 9.17) is 9.84 Å². The summed E-state index contributed by atoms with van der Waals surface area (Å²) in [4.78, 5) is 38.7.